The van der Waals surface area contributed by atoms with Crippen LogP contribution in [0.25, 0.3) is 11.1 Å². The summed E-state index contributed by atoms with van der Waals surface area (Å²) in [6.07, 6.45) is 7.87. The number of hydrogen-bond donors (Lipinski definition) is 1. The first-order valence-corrected chi connectivity index (χ1v) is 18.1. The van der Waals surface area contributed by atoms with Gasteiger partial charge >= 0.3 is 0 Å². The fourth-order valence-electron chi connectivity index (χ4n) is 6.91. The molecule has 1 N–H and O–H groups in total. The smallest absolute Gasteiger partial charge is 0.288 e. The molecule has 3 aromatic carbocycles. The Kier molecular flexibility index (Phi) is 10.6. The van der Waals surface area contributed by atoms with Gasteiger partial charge in [-0.25, -0.2) is 8.42 Å². The number of allylic oxidation sites excluding steroid dienone is 1. The molecule has 3 aromatic rings. The topological polar surface area (TPSA) is 106 Å². The number of aliphatic hydroxyl groups is 1. The number of benzene rings is 3. The second kappa shape index (κ2) is 15.0. The molecule has 9 nitrogen and oxygen atoms in total. The second-order valence-corrected chi connectivity index (χ2v) is 14.3. The fraction of sp³-hybridized carbons (Fsp3) is 0.432. The average molecular weight is 661 g/mol. The highest BCUT2D eigenvalue weighted by atomic mass is 32.2. The molecule has 0 radical (unpaired) electrons. The molecule has 47 heavy (non-hydrogen) atoms. The molecule has 1 saturated heterocycles. The number of ether oxygens (including phenoxy) is 3. The maximum absolute atomic E-state index is 13.9. The van der Waals surface area contributed by atoms with E-state index in [-0.39, 0.29) is 48.8 Å². The van der Waals surface area contributed by atoms with Crippen LogP contribution >= 0.6 is 0 Å². The summed E-state index contributed by atoms with van der Waals surface area (Å²) < 4.78 is 45.7. The van der Waals surface area contributed by atoms with Gasteiger partial charge in [0.1, 0.15) is 5.75 Å². The van der Waals surface area contributed by atoms with E-state index in [4.69, 9.17) is 14.2 Å². The predicted molar refractivity (Wildman–Crippen MR) is 179 cm³/mol. The minimum absolute atomic E-state index is 0.00854. The van der Waals surface area contributed by atoms with Gasteiger partial charge in [-0.2, -0.15) is 4.31 Å². The third-order valence-electron chi connectivity index (χ3n) is 9.39. The number of sulfonamides is 1. The van der Waals surface area contributed by atoms with Crippen molar-refractivity contribution < 1.29 is 32.5 Å². The van der Waals surface area contributed by atoms with Crippen molar-refractivity contribution in [3.8, 4) is 16.9 Å². The lowest BCUT2D eigenvalue weighted by molar-refractivity contribution is -0.153. The highest BCUT2D eigenvalue weighted by molar-refractivity contribution is 7.89. The van der Waals surface area contributed by atoms with Gasteiger partial charge < -0.3 is 24.2 Å². The van der Waals surface area contributed by atoms with Gasteiger partial charge in [0.15, 0.2) is 5.76 Å². The Morgan fingerprint density at radius 2 is 1.66 bits per heavy atom. The van der Waals surface area contributed by atoms with Crippen molar-refractivity contribution in [2.24, 2.45) is 0 Å². The summed E-state index contributed by atoms with van der Waals surface area (Å²) in [5.74, 6) is 0.596. The van der Waals surface area contributed by atoms with Crippen molar-refractivity contribution in [2.75, 3.05) is 46.5 Å². The first-order valence-electron chi connectivity index (χ1n) is 16.6. The van der Waals surface area contributed by atoms with E-state index in [1.54, 1.807) is 12.1 Å². The molecule has 3 aliphatic rings. The van der Waals surface area contributed by atoms with E-state index in [1.165, 1.54) is 52.2 Å². The van der Waals surface area contributed by atoms with Crippen LogP contribution in [0.5, 0.6) is 5.75 Å². The first kappa shape index (κ1) is 33.2. The van der Waals surface area contributed by atoms with E-state index >= 15 is 0 Å². The lowest BCUT2D eigenvalue weighted by atomic mass is 9.87. The number of hydrogen-bond acceptors (Lipinski definition) is 7. The third-order valence-corrected chi connectivity index (χ3v) is 11.3. The van der Waals surface area contributed by atoms with Crippen LogP contribution < -0.4 is 4.74 Å². The van der Waals surface area contributed by atoms with E-state index in [0.29, 0.717) is 25.3 Å². The second-order valence-electron chi connectivity index (χ2n) is 12.4. The molecule has 2 aliphatic heterocycles. The molecule has 0 aromatic heterocycles. The maximum atomic E-state index is 13.9. The van der Waals surface area contributed by atoms with Crippen LogP contribution in [0, 0.1) is 0 Å². The van der Waals surface area contributed by atoms with Crippen LogP contribution in [-0.2, 0) is 30.7 Å². The van der Waals surface area contributed by atoms with Crippen molar-refractivity contribution in [2.45, 2.75) is 62.0 Å². The monoisotopic (exact) mass is 660 g/mol. The van der Waals surface area contributed by atoms with Crippen LogP contribution in [-0.4, -0.2) is 81.4 Å². The van der Waals surface area contributed by atoms with Gasteiger partial charge in [-0.15, -0.1) is 0 Å². The van der Waals surface area contributed by atoms with Crippen LogP contribution in [0.4, 0.5) is 0 Å². The summed E-state index contributed by atoms with van der Waals surface area (Å²) in [7, 11) is -2.38. The molecule has 2 atom stereocenters. The van der Waals surface area contributed by atoms with Crippen LogP contribution in [0.1, 0.15) is 61.1 Å². The molecule has 1 amide bonds. The number of carbonyl (C=O) groups is 1. The van der Waals surface area contributed by atoms with Gasteiger partial charge in [-0.3, -0.25) is 4.79 Å². The number of rotatable bonds is 11. The van der Waals surface area contributed by atoms with Gasteiger partial charge in [0.05, 0.1) is 25.2 Å². The molecule has 0 bridgehead atoms. The summed E-state index contributed by atoms with van der Waals surface area (Å²) in [5.41, 5.74) is 6.16. The molecule has 6 rings (SSSR count). The largest absolute Gasteiger partial charge is 0.497 e. The van der Waals surface area contributed by atoms with Crippen molar-refractivity contribution >= 4 is 15.9 Å². The molecule has 10 heteroatoms. The van der Waals surface area contributed by atoms with E-state index in [0.717, 1.165) is 37.7 Å². The number of amides is 1. The van der Waals surface area contributed by atoms with Crippen molar-refractivity contribution in [1.82, 2.24) is 9.21 Å². The molecule has 1 fully saturated rings. The summed E-state index contributed by atoms with van der Waals surface area (Å²) in [5, 5.41) is 9.70. The quantitative estimate of drug-likeness (QED) is 0.227. The average Bonchev–Trinajstić information content (AvgIpc) is 3.46. The van der Waals surface area contributed by atoms with Crippen molar-refractivity contribution in [1.29, 1.82) is 0 Å². The predicted octanol–water partition coefficient (Wildman–Crippen LogP) is 5.47. The van der Waals surface area contributed by atoms with Crippen LogP contribution in [0.2, 0.25) is 0 Å². The SMILES string of the molecule is COc1ccc(S(=O)(=O)N(CCO)CCO[C@H]2C[C@@H](c3cccc4c3Cc3ccccc3-4)C=C(C(=O)N3CCCCCCC3)O2)cc1. The normalized spacial score (nSPS) is 19.6. The minimum Gasteiger partial charge on any atom is -0.497 e. The number of nitrogens with zero attached hydrogens (tertiary/aromatic N) is 2. The van der Waals surface area contributed by atoms with Crippen molar-refractivity contribution in [3.63, 3.8) is 0 Å². The highest BCUT2D eigenvalue weighted by Gasteiger charge is 2.34. The van der Waals surface area contributed by atoms with E-state index in [2.05, 4.69) is 42.5 Å². The van der Waals surface area contributed by atoms with E-state index in [9.17, 15) is 18.3 Å². The Labute approximate surface area is 277 Å². The molecule has 0 spiro atoms. The Balaban J connectivity index is 1.22. The molecule has 250 valence electrons. The minimum atomic E-state index is -3.90. The summed E-state index contributed by atoms with van der Waals surface area (Å²) >= 11 is 0. The Morgan fingerprint density at radius 3 is 2.40 bits per heavy atom. The van der Waals surface area contributed by atoms with Gasteiger partial charge in [0, 0.05) is 38.5 Å². The molecular weight excluding hydrogens is 616 g/mol. The Bertz CT molecular complexity index is 1680. The number of likely N-dealkylation sites (tertiary alicyclic amines) is 1. The lowest BCUT2D eigenvalue weighted by Gasteiger charge is -2.33. The summed E-state index contributed by atoms with van der Waals surface area (Å²) in [6.45, 7) is 1.01. The zero-order chi connectivity index (χ0) is 32.8. The van der Waals surface area contributed by atoms with Gasteiger partial charge in [0.25, 0.3) is 5.91 Å². The number of carbonyl (C=O) groups excluding carboxylic acids is 1. The van der Waals surface area contributed by atoms with Gasteiger partial charge in [-0.05, 0) is 77.4 Å². The third kappa shape index (κ3) is 7.41. The van der Waals surface area contributed by atoms with E-state index < -0.39 is 16.3 Å². The fourth-order valence-corrected chi connectivity index (χ4v) is 8.32. The number of methoxy groups -OCH3 is 1. The zero-order valence-corrected chi connectivity index (χ0v) is 27.8. The highest BCUT2D eigenvalue weighted by Crippen LogP contribution is 2.43. The molecule has 0 saturated carbocycles. The Morgan fingerprint density at radius 1 is 0.936 bits per heavy atom. The Hall–Kier alpha value is -3.70. The lowest BCUT2D eigenvalue weighted by Crippen LogP contribution is -2.39. The number of aliphatic hydroxyl groups excluding tert-OH is 1. The zero-order valence-electron chi connectivity index (χ0n) is 27.0. The number of fused-ring (bicyclic) bond motifs is 3. The molecule has 1 aliphatic carbocycles. The van der Waals surface area contributed by atoms with Crippen LogP contribution in [0.3, 0.4) is 0 Å². The van der Waals surface area contributed by atoms with Crippen molar-refractivity contribution in [3.05, 3.63) is 95.3 Å². The van der Waals surface area contributed by atoms with Crippen LogP contribution in [0.15, 0.2) is 83.5 Å². The summed E-state index contributed by atoms with van der Waals surface area (Å²) in [6, 6.07) is 21.0. The molecule has 2 heterocycles. The summed E-state index contributed by atoms with van der Waals surface area (Å²) in [4.78, 5) is 15.9. The first-order chi connectivity index (χ1) is 22.9. The van der Waals surface area contributed by atoms with Gasteiger partial charge in [0.2, 0.25) is 16.3 Å². The van der Waals surface area contributed by atoms with Gasteiger partial charge in [-0.1, -0.05) is 61.7 Å². The molecular formula is C37H44N2O7S. The standard InChI is InChI=1S/C37H44N2O7S/c1-44-29-14-16-30(17-15-29)47(42,43)39(20-22-40)21-23-45-36-26-28(25-35(46-36)37(41)38-18-7-3-2-4-8-19-38)32-12-9-13-33-31-11-6-5-10-27(31)24-34(32)33/h5-6,9-17,25,28,36,40H,2-4,7-8,18-24,26H2,1H3/t28-,36+/m0/s1. The maximum Gasteiger partial charge on any atom is 0.288 e. The van der Waals surface area contributed by atoms with E-state index in [1.807, 2.05) is 11.0 Å². The molecule has 0 unspecified atom stereocenters.